The fourth-order valence-corrected chi connectivity index (χ4v) is 2.02. The highest BCUT2D eigenvalue weighted by molar-refractivity contribution is 5.87. The highest BCUT2D eigenvalue weighted by Gasteiger charge is 2.33. The quantitative estimate of drug-likeness (QED) is 0.703. The van der Waals surface area contributed by atoms with Crippen molar-refractivity contribution in [3.8, 4) is 0 Å². The van der Waals surface area contributed by atoms with Crippen LogP contribution in [0.5, 0.6) is 0 Å². The topological polar surface area (TPSA) is 72.2 Å². The van der Waals surface area contributed by atoms with E-state index in [0.717, 1.165) is 5.57 Å². The molecule has 4 nitrogen and oxygen atoms in total. The Morgan fingerprint density at radius 3 is 2.20 bits per heavy atom. The first-order valence-electron chi connectivity index (χ1n) is 6.95. The zero-order valence-electron chi connectivity index (χ0n) is 13.3. The van der Waals surface area contributed by atoms with Crippen LogP contribution >= 0.6 is 0 Å². The van der Waals surface area contributed by atoms with Crippen LogP contribution in [0.15, 0.2) is 24.3 Å². The molecule has 0 aliphatic carbocycles. The summed E-state index contributed by atoms with van der Waals surface area (Å²) in [5, 5.41) is 2.92. The molecule has 0 radical (unpaired) electrons. The Kier molecular flexibility index (Phi) is 7.25. The maximum atomic E-state index is 12.4. The molecule has 114 valence electrons. The minimum Gasteiger partial charge on any atom is -0.369 e. The van der Waals surface area contributed by atoms with Crippen LogP contribution in [-0.4, -0.2) is 17.4 Å². The number of hydrogen-bond donors (Lipinski definition) is 2. The Morgan fingerprint density at radius 1 is 1.30 bits per heavy atom. The lowest BCUT2D eigenvalue weighted by Gasteiger charge is -2.28. The van der Waals surface area contributed by atoms with E-state index in [4.69, 9.17) is 5.73 Å². The van der Waals surface area contributed by atoms with Gasteiger partial charge in [-0.05, 0) is 47.5 Å². The number of allylic oxidation sites excluding steroid dienone is 3. The molecule has 1 unspecified atom stereocenters. The first-order chi connectivity index (χ1) is 9.08. The van der Waals surface area contributed by atoms with E-state index in [1.54, 1.807) is 0 Å². The number of carbonyl (C=O) groups is 2. The summed E-state index contributed by atoms with van der Waals surface area (Å²) in [6, 6.07) is 0. The van der Waals surface area contributed by atoms with Crippen molar-refractivity contribution >= 4 is 11.8 Å². The van der Waals surface area contributed by atoms with Crippen LogP contribution in [0, 0.1) is 11.8 Å². The summed E-state index contributed by atoms with van der Waals surface area (Å²) >= 11 is 0. The molecule has 0 saturated carbocycles. The normalized spacial score (nSPS) is 14.8. The molecule has 3 N–H and O–H groups in total. The van der Waals surface area contributed by atoms with Gasteiger partial charge in [0.2, 0.25) is 11.8 Å². The van der Waals surface area contributed by atoms with Crippen molar-refractivity contribution in [2.24, 2.45) is 17.6 Å². The fourth-order valence-electron chi connectivity index (χ4n) is 2.02. The molecule has 0 aromatic heterocycles. The Morgan fingerprint density at radius 2 is 1.85 bits per heavy atom. The van der Waals surface area contributed by atoms with Crippen molar-refractivity contribution < 1.29 is 9.59 Å². The van der Waals surface area contributed by atoms with Crippen LogP contribution in [0.2, 0.25) is 0 Å². The highest BCUT2D eigenvalue weighted by atomic mass is 16.2. The maximum absolute atomic E-state index is 12.4. The molecule has 0 fully saturated rings. The predicted molar refractivity (Wildman–Crippen MR) is 82.9 cm³/mol. The number of hydrogen-bond acceptors (Lipinski definition) is 2. The van der Waals surface area contributed by atoms with Crippen molar-refractivity contribution in [3.63, 3.8) is 0 Å². The van der Waals surface area contributed by atoms with E-state index < -0.39 is 17.7 Å². The van der Waals surface area contributed by atoms with Crippen LogP contribution < -0.4 is 11.1 Å². The van der Waals surface area contributed by atoms with Gasteiger partial charge in [0.15, 0.2) is 0 Å². The van der Waals surface area contributed by atoms with Crippen LogP contribution in [0.4, 0.5) is 0 Å². The van der Waals surface area contributed by atoms with E-state index in [1.807, 2.05) is 46.8 Å². The summed E-state index contributed by atoms with van der Waals surface area (Å²) < 4.78 is 0. The van der Waals surface area contributed by atoms with Crippen LogP contribution in [0.3, 0.4) is 0 Å². The van der Waals surface area contributed by atoms with Gasteiger partial charge in [-0.15, -0.1) is 6.58 Å². The van der Waals surface area contributed by atoms with Crippen LogP contribution in [-0.2, 0) is 9.59 Å². The lowest BCUT2D eigenvalue weighted by atomic mass is 9.83. The second kappa shape index (κ2) is 7.88. The Hall–Kier alpha value is -1.58. The molecule has 0 aromatic carbocycles. The molecule has 0 heterocycles. The predicted octanol–water partition coefficient (Wildman–Crippen LogP) is 2.55. The van der Waals surface area contributed by atoms with Crippen molar-refractivity contribution in [1.29, 1.82) is 0 Å². The summed E-state index contributed by atoms with van der Waals surface area (Å²) in [6.07, 6.45) is 4.66. The average molecular weight is 280 g/mol. The van der Waals surface area contributed by atoms with E-state index in [1.165, 1.54) is 0 Å². The molecule has 0 aromatic rings. The summed E-state index contributed by atoms with van der Waals surface area (Å²) in [5.74, 6) is -1.57. The molecule has 0 bridgehead atoms. The fraction of sp³-hybridized carbons (Fsp3) is 0.625. The Bertz CT molecular complexity index is 392. The largest absolute Gasteiger partial charge is 0.369 e. The third kappa shape index (κ3) is 7.12. The number of primary amides is 1. The standard InChI is InChI=1S/C16H28N2O2/c1-7-8-9-12(14(17)19)13(10-11(2)3)15(20)18-16(4,5)6/h7-8,12-13H,2,9-10H2,1,3-6H3,(H2,17,19)(H,18,20)/b8-7+/t12-,13?/m0/s1. The van der Waals surface area contributed by atoms with Gasteiger partial charge in [-0.3, -0.25) is 9.59 Å². The van der Waals surface area contributed by atoms with E-state index in [2.05, 4.69) is 11.9 Å². The summed E-state index contributed by atoms with van der Waals surface area (Å²) in [6.45, 7) is 13.3. The third-order valence-corrected chi connectivity index (χ3v) is 2.88. The van der Waals surface area contributed by atoms with Crippen LogP contribution in [0.1, 0.15) is 47.5 Å². The highest BCUT2D eigenvalue weighted by Crippen LogP contribution is 2.24. The molecule has 4 heteroatoms. The Balaban J connectivity index is 5.22. The summed E-state index contributed by atoms with van der Waals surface area (Å²) in [7, 11) is 0. The van der Waals surface area contributed by atoms with Gasteiger partial charge in [0, 0.05) is 5.54 Å². The van der Waals surface area contributed by atoms with Gasteiger partial charge < -0.3 is 11.1 Å². The van der Waals surface area contributed by atoms with Crippen molar-refractivity contribution in [2.45, 2.75) is 53.0 Å². The van der Waals surface area contributed by atoms with E-state index >= 15 is 0 Å². The monoisotopic (exact) mass is 280 g/mol. The number of nitrogens with two attached hydrogens (primary N) is 1. The molecule has 2 atom stereocenters. The average Bonchev–Trinajstić information content (AvgIpc) is 2.24. The third-order valence-electron chi connectivity index (χ3n) is 2.88. The molecule has 0 saturated heterocycles. The SMILES string of the molecule is C=C(C)CC(C(=O)NC(C)(C)C)[C@H](C/C=C/C)C(N)=O. The molecular formula is C16H28N2O2. The zero-order chi connectivity index (χ0) is 15.9. The van der Waals surface area contributed by atoms with Gasteiger partial charge >= 0.3 is 0 Å². The number of nitrogens with one attached hydrogen (secondary N) is 1. The first-order valence-corrected chi connectivity index (χ1v) is 6.95. The molecule has 0 rings (SSSR count). The summed E-state index contributed by atoms with van der Waals surface area (Å²) in [5.41, 5.74) is 6.00. The Labute approximate surface area is 122 Å². The van der Waals surface area contributed by atoms with E-state index in [0.29, 0.717) is 12.8 Å². The van der Waals surface area contributed by atoms with Gasteiger partial charge in [0.1, 0.15) is 0 Å². The number of amides is 2. The minimum atomic E-state index is -0.509. The molecule has 20 heavy (non-hydrogen) atoms. The van der Waals surface area contributed by atoms with Gasteiger partial charge in [-0.2, -0.15) is 0 Å². The van der Waals surface area contributed by atoms with Gasteiger partial charge in [0.05, 0.1) is 11.8 Å². The second-order valence-electron chi connectivity index (χ2n) is 6.32. The van der Waals surface area contributed by atoms with Crippen molar-refractivity contribution in [3.05, 3.63) is 24.3 Å². The molecular weight excluding hydrogens is 252 g/mol. The molecule has 2 amide bonds. The van der Waals surface area contributed by atoms with Crippen molar-refractivity contribution in [2.75, 3.05) is 0 Å². The second-order valence-corrected chi connectivity index (χ2v) is 6.32. The maximum Gasteiger partial charge on any atom is 0.224 e. The zero-order valence-corrected chi connectivity index (χ0v) is 13.3. The molecule has 0 aliphatic heterocycles. The number of rotatable bonds is 7. The molecule has 0 aliphatic rings. The lowest BCUT2D eigenvalue weighted by molar-refractivity contribution is -0.134. The summed E-state index contributed by atoms with van der Waals surface area (Å²) in [4.78, 5) is 24.1. The number of carbonyl (C=O) groups excluding carboxylic acids is 2. The van der Waals surface area contributed by atoms with Crippen molar-refractivity contribution in [1.82, 2.24) is 5.32 Å². The van der Waals surface area contributed by atoms with E-state index in [9.17, 15) is 9.59 Å². The smallest absolute Gasteiger partial charge is 0.224 e. The van der Waals surface area contributed by atoms with Gasteiger partial charge in [-0.1, -0.05) is 17.7 Å². The minimum absolute atomic E-state index is 0.145. The van der Waals surface area contributed by atoms with E-state index in [-0.39, 0.29) is 11.4 Å². The lowest BCUT2D eigenvalue weighted by Crippen LogP contribution is -2.47. The molecule has 0 spiro atoms. The van der Waals surface area contributed by atoms with Gasteiger partial charge in [-0.25, -0.2) is 0 Å². The van der Waals surface area contributed by atoms with Crippen LogP contribution in [0.25, 0.3) is 0 Å². The first kappa shape index (κ1) is 18.4. The van der Waals surface area contributed by atoms with Gasteiger partial charge in [0.25, 0.3) is 0 Å².